The molecule has 1 nitrogen and oxygen atoms in total. The van der Waals surface area contributed by atoms with Crippen LogP contribution in [0.25, 0.3) is 0 Å². The lowest BCUT2D eigenvalue weighted by atomic mass is 10.0. The van der Waals surface area contributed by atoms with Crippen LogP contribution >= 0.6 is 22.9 Å². The molecule has 0 saturated heterocycles. The van der Waals surface area contributed by atoms with E-state index in [9.17, 15) is 5.11 Å². The molecule has 2 rings (SSSR count). The third kappa shape index (κ3) is 2.54. The number of rotatable bonds is 2. The highest BCUT2D eigenvalue weighted by Crippen LogP contribution is 2.36. The SMILES string of the molecule is Cc1cc(C)cc(C(O)c2scc(C)c2Cl)c1. The van der Waals surface area contributed by atoms with Gasteiger partial charge in [0, 0.05) is 0 Å². The predicted molar refractivity (Wildman–Crippen MR) is 74.0 cm³/mol. The third-order valence-corrected chi connectivity index (χ3v) is 4.50. The predicted octanol–water partition coefficient (Wildman–Crippen LogP) is 4.41. The Hall–Kier alpha value is -0.830. The zero-order valence-corrected chi connectivity index (χ0v) is 11.7. The molecule has 2 aromatic rings. The number of hydrogen-bond donors (Lipinski definition) is 1. The largest absolute Gasteiger partial charge is 0.383 e. The first-order valence-electron chi connectivity index (χ1n) is 5.49. The minimum atomic E-state index is -0.625. The molecule has 0 aliphatic rings. The van der Waals surface area contributed by atoms with E-state index in [1.807, 2.05) is 38.3 Å². The number of aliphatic hydroxyl groups is 1. The lowest BCUT2D eigenvalue weighted by molar-refractivity contribution is 0.224. The zero-order chi connectivity index (χ0) is 12.6. The molecule has 1 N–H and O–H groups in total. The van der Waals surface area contributed by atoms with E-state index in [1.165, 1.54) is 11.3 Å². The highest BCUT2D eigenvalue weighted by Gasteiger charge is 2.17. The van der Waals surface area contributed by atoms with Gasteiger partial charge in [0.2, 0.25) is 0 Å². The molecule has 0 bridgehead atoms. The summed E-state index contributed by atoms with van der Waals surface area (Å²) in [5.74, 6) is 0. The second-order valence-corrected chi connectivity index (χ2v) is 5.71. The van der Waals surface area contributed by atoms with Crippen LogP contribution in [0.1, 0.15) is 33.2 Å². The summed E-state index contributed by atoms with van der Waals surface area (Å²) in [7, 11) is 0. The van der Waals surface area contributed by atoms with E-state index in [0.717, 1.165) is 27.1 Å². The summed E-state index contributed by atoms with van der Waals surface area (Å²) < 4.78 is 0. The van der Waals surface area contributed by atoms with Gasteiger partial charge in [-0.3, -0.25) is 0 Å². The molecule has 1 heterocycles. The first kappa shape index (κ1) is 12.6. The fourth-order valence-corrected chi connectivity index (χ4v) is 3.26. The molecule has 0 spiro atoms. The van der Waals surface area contributed by atoms with E-state index < -0.39 is 6.10 Å². The molecule has 90 valence electrons. The molecule has 1 atom stereocenters. The summed E-state index contributed by atoms with van der Waals surface area (Å²) in [4.78, 5) is 0.828. The highest BCUT2D eigenvalue weighted by molar-refractivity contribution is 7.10. The van der Waals surface area contributed by atoms with Gasteiger partial charge < -0.3 is 5.11 Å². The number of halogens is 1. The average molecular weight is 267 g/mol. The Morgan fingerprint density at radius 1 is 1.12 bits per heavy atom. The van der Waals surface area contributed by atoms with E-state index in [1.54, 1.807) is 0 Å². The Balaban J connectivity index is 2.43. The van der Waals surface area contributed by atoms with Crippen molar-refractivity contribution >= 4 is 22.9 Å². The average Bonchev–Trinajstić information content (AvgIpc) is 2.57. The Morgan fingerprint density at radius 3 is 2.18 bits per heavy atom. The van der Waals surface area contributed by atoms with Crippen LogP contribution in [-0.2, 0) is 0 Å². The van der Waals surface area contributed by atoms with Crippen LogP contribution in [0.3, 0.4) is 0 Å². The van der Waals surface area contributed by atoms with Crippen LogP contribution in [0.15, 0.2) is 23.6 Å². The van der Waals surface area contributed by atoms with Gasteiger partial charge in [-0.15, -0.1) is 11.3 Å². The minimum Gasteiger partial charge on any atom is -0.383 e. The van der Waals surface area contributed by atoms with Gasteiger partial charge in [0.15, 0.2) is 0 Å². The van der Waals surface area contributed by atoms with Crippen LogP contribution in [0, 0.1) is 20.8 Å². The maximum atomic E-state index is 10.4. The van der Waals surface area contributed by atoms with Gasteiger partial charge in [0.25, 0.3) is 0 Å². The van der Waals surface area contributed by atoms with Gasteiger partial charge in [0.1, 0.15) is 6.10 Å². The van der Waals surface area contributed by atoms with Crippen LogP contribution < -0.4 is 0 Å². The fraction of sp³-hybridized carbons (Fsp3) is 0.286. The Bertz CT molecular complexity index is 525. The van der Waals surface area contributed by atoms with E-state index in [-0.39, 0.29) is 0 Å². The van der Waals surface area contributed by atoms with Gasteiger partial charge in [-0.2, -0.15) is 0 Å². The number of aryl methyl sites for hydroxylation is 3. The summed E-state index contributed by atoms with van der Waals surface area (Å²) in [6.07, 6.45) is -0.625. The molecule has 0 aliphatic heterocycles. The van der Waals surface area contributed by atoms with Gasteiger partial charge in [-0.25, -0.2) is 0 Å². The summed E-state index contributed by atoms with van der Waals surface area (Å²) in [5, 5.41) is 13.0. The quantitative estimate of drug-likeness (QED) is 0.854. The number of hydrogen-bond acceptors (Lipinski definition) is 2. The topological polar surface area (TPSA) is 20.2 Å². The summed E-state index contributed by atoms with van der Waals surface area (Å²) in [6.45, 7) is 6.02. The second kappa shape index (κ2) is 4.81. The molecule has 17 heavy (non-hydrogen) atoms. The number of aliphatic hydroxyl groups excluding tert-OH is 1. The van der Waals surface area contributed by atoms with Crippen molar-refractivity contribution in [3.8, 4) is 0 Å². The summed E-state index contributed by atoms with van der Waals surface area (Å²) in [6, 6.07) is 6.10. The Morgan fingerprint density at radius 2 is 1.71 bits per heavy atom. The van der Waals surface area contributed by atoms with Gasteiger partial charge in [0.05, 0.1) is 9.90 Å². The van der Waals surface area contributed by atoms with Gasteiger partial charge >= 0.3 is 0 Å². The second-order valence-electron chi connectivity index (χ2n) is 4.42. The molecular weight excluding hydrogens is 252 g/mol. The minimum absolute atomic E-state index is 0.625. The first-order chi connectivity index (χ1) is 7.99. The standard InChI is InChI=1S/C14H15ClOS/c1-8-4-9(2)6-11(5-8)13(16)14-12(15)10(3)7-17-14/h4-7,13,16H,1-3H3. The van der Waals surface area contributed by atoms with Crippen LogP contribution in [0.2, 0.25) is 5.02 Å². The van der Waals surface area contributed by atoms with Crippen molar-refractivity contribution in [2.45, 2.75) is 26.9 Å². The lowest BCUT2D eigenvalue weighted by Gasteiger charge is -2.12. The van der Waals surface area contributed by atoms with Crippen molar-refractivity contribution in [2.75, 3.05) is 0 Å². The smallest absolute Gasteiger partial charge is 0.115 e. The van der Waals surface area contributed by atoms with E-state index in [0.29, 0.717) is 5.02 Å². The maximum absolute atomic E-state index is 10.4. The van der Waals surface area contributed by atoms with E-state index in [4.69, 9.17) is 11.6 Å². The molecule has 0 fully saturated rings. The molecule has 1 unspecified atom stereocenters. The highest BCUT2D eigenvalue weighted by atomic mass is 35.5. The molecule has 3 heteroatoms. The molecule has 0 aliphatic carbocycles. The van der Waals surface area contributed by atoms with Crippen molar-refractivity contribution in [1.82, 2.24) is 0 Å². The maximum Gasteiger partial charge on any atom is 0.115 e. The van der Waals surface area contributed by atoms with Crippen LogP contribution in [0.5, 0.6) is 0 Å². The Kier molecular flexibility index (Phi) is 3.57. The van der Waals surface area contributed by atoms with Crippen LogP contribution in [-0.4, -0.2) is 5.11 Å². The van der Waals surface area contributed by atoms with Crippen molar-refractivity contribution < 1.29 is 5.11 Å². The van der Waals surface area contributed by atoms with Crippen molar-refractivity contribution in [1.29, 1.82) is 0 Å². The molecule has 0 radical (unpaired) electrons. The molecule has 0 saturated carbocycles. The monoisotopic (exact) mass is 266 g/mol. The number of benzene rings is 1. The fourth-order valence-electron chi connectivity index (χ4n) is 1.95. The van der Waals surface area contributed by atoms with E-state index in [2.05, 4.69) is 6.07 Å². The number of thiophene rings is 1. The Labute approximate surface area is 111 Å². The zero-order valence-electron chi connectivity index (χ0n) is 10.1. The van der Waals surface area contributed by atoms with Crippen molar-refractivity contribution in [3.63, 3.8) is 0 Å². The van der Waals surface area contributed by atoms with Gasteiger partial charge in [-0.1, -0.05) is 40.9 Å². The van der Waals surface area contributed by atoms with Crippen molar-refractivity contribution in [3.05, 3.63) is 55.7 Å². The molecular formula is C14H15ClOS. The van der Waals surface area contributed by atoms with Gasteiger partial charge in [-0.05, 0) is 37.3 Å². The van der Waals surface area contributed by atoms with E-state index >= 15 is 0 Å². The third-order valence-electron chi connectivity index (χ3n) is 2.73. The first-order valence-corrected chi connectivity index (χ1v) is 6.74. The lowest BCUT2D eigenvalue weighted by Crippen LogP contribution is -1.99. The molecule has 1 aromatic carbocycles. The molecule has 1 aromatic heterocycles. The van der Waals surface area contributed by atoms with Crippen molar-refractivity contribution in [2.24, 2.45) is 0 Å². The summed E-state index contributed by atoms with van der Waals surface area (Å²) >= 11 is 7.69. The molecule has 0 amide bonds. The summed E-state index contributed by atoms with van der Waals surface area (Å²) in [5.41, 5.74) is 4.24. The normalized spacial score (nSPS) is 12.8. The van der Waals surface area contributed by atoms with Crippen LogP contribution in [0.4, 0.5) is 0 Å².